The van der Waals surface area contributed by atoms with Gasteiger partial charge in [-0.3, -0.25) is 9.05 Å². The second-order valence-corrected chi connectivity index (χ2v) is 11.4. The summed E-state index contributed by atoms with van der Waals surface area (Å²) in [7, 11) is 1.76. The molecule has 0 radical (unpaired) electrons. The number of ether oxygens (including phenoxy) is 1. The largest absolute Gasteiger partial charge is 0.472 e. The molecule has 0 aromatic rings. The molecule has 0 spiro atoms. The number of quaternary nitrogens is 1. The number of phosphoric acid groups is 1. The molecule has 2 N–H and O–H groups in total. The van der Waals surface area contributed by atoms with E-state index in [0.29, 0.717) is 17.6 Å². The van der Waals surface area contributed by atoms with Crippen LogP contribution in [0.5, 0.6) is 0 Å². The summed E-state index contributed by atoms with van der Waals surface area (Å²) in [6, 6.07) is 0. The van der Waals surface area contributed by atoms with E-state index in [1.165, 1.54) is 77.0 Å². The van der Waals surface area contributed by atoms with Crippen LogP contribution in [0.2, 0.25) is 0 Å². The van der Waals surface area contributed by atoms with Crippen LogP contribution in [0.1, 0.15) is 96.8 Å². The molecule has 32 heavy (non-hydrogen) atoms. The number of hydrogen-bond donors (Lipinski definition) is 2. The van der Waals surface area contributed by atoms with Crippen molar-refractivity contribution in [3.8, 4) is 0 Å². The summed E-state index contributed by atoms with van der Waals surface area (Å²) in [5.41, 5.74) is 0. The normalized spacial score (nSPS) is 15.1. The van der Waals surface area contributed by atoms with Gasteiger partial charge in [-0.15, -0.1) is 0 Å². The van der Waals surface area contributed by atoms with E-state index in [1.54, 1.807) is 0 Å². The van der Waals surface area contributed by atoms with Gasteiger partial charge in [-0.25, -0.2) is 4.57 Å². The fourth-order valence-corrected chi connectivity index (χ4v) is 4.06. The first kappa shape index (κ1) is 32.0. The Kier molecular flexibility index (Phi) is 20.4. The lowest BCUT2D eigenvalue weighted by atomic mass is 10.0. The van der Waals surface area contributed by atoms with Gasteiger partial charge in [-0.1, -0.05) is 90.4 Å². The molecule has 0 aromatic heterocycles. The van der Waals surface area contributed by atoms with Crippen LogP contribution in [0.25, 0.3) is 0 Å². The van der Waals surface area contributed by atoms with Gasteiger partial charge in [0.2, 0.25) is 0 Å². The first-order valence-corrected chi connectivity index (χ1v) is 14.3. The van der Waals surface area contributed by atoms with Gasteiger partial charge in [0.25, 0.3) is 0 Å². The van der Waals surface area contributed by atoms with Crippen LogP contribution < -0.4 is 0 Å². The van der Waals surface area contributed by atoms with E-state index in [1.807, 2.05) is 21.1 Å². The fraction of sp³-hybridized carbons (Fsp3) is 1.00. The number of hydrogen-bond acceptors (Lipinski definition) is 5. The molecule has 8 heteroatoms. The van der Waals surface area contributed by atoms with E-state index in [0.717, 1.165) is 12.8 Å². The predicted octanol–water partition coefficient (Wildman–Crippen LogP) is 5.69. The molecule has 0 fully saturated rings. The highest BCUT2D eigenvalue weighted by atomic mass is 32.2. The minimum Gasteiger partial charge on any atom is -0.388 e. The number of aliphatic hydroxyl groups excluding tert-OH is 1. The van der Waals surface area contributed by atoms with E-state index in [-0.39, 0.29) is 19.8 Å². The molecule has 0 aliphatic heterocycles. The molecule has 1 unspecified atom stereocenters. The Hall–Kier alpha value is -0.0100. The fourth-order valence-electron chi connectivity index (χ4n) is 3.31. The van der Waals surface area contributed by atoms with Gasteiger partial charge in [0.05, 0.1) is 34.4 Å². The minimum absolute atomic E-state index is 0.0946. The Bertz CT molecular complexity index is 458. The van der Waals surface area contributed by atoms with Gasteiger partial charge < -0.3 is 19.2 Å². The van der Waals surface area contributed by atoms with Gasteiger partial charge in [0.15, 0.2) is 0 Å². The van der Waals surface area contributed by atoms with Crippen LogP contribution in [-0.4, -0.2) is 74.7 Å². The van der Waals surface area contributed by atoms with Crippen molar-refractivity contribution in [2.45, 2.75) is 103 Å². The van der Waals surface area contributed by atoms with Gasteiger partial charge >= 0.3 is 7.82 Å². The van der Waals surface area contributed by atoms with Crippen molar-refractivity contribution < 1.29 is 32.8 Å². The molecule has 2 atom stereocenters. The average Bonchev–Trinajstić information content (AvgIpc) is 2.71. The molecule has 194 valence electrons. The lowest BCUT2D eigenvalue weighted by molar-refractivity contribution is -0.870. The first-order chi connectivity index (χ1) is 15.2. The molecule has 0 heterocycles. The van der Waals surface area contributed by atoms with Gasteiger partial charge in [-0.2, -0.15) is 0 Å². The van der Waals surface area contributed by atoms with Crippen LogP contribution >= 0.6 is 7.82 Å². The second-order valence-electron chi connectivity index (χ2n) is 9.94. The highest BCUT2D eigenvalue weighted by Gasteiger charge is 2.24. The SMILES string of the molecule is CCCCCCCCCCCCCCCCOC[C@@H](O)CO[32P](=O)(O)OCC[N+](C)(C)C. The summed E-state index contributed by atoms with van der Waals surface area (Å²) in [6.07, 6.45) is 17.5. The summed E-state index contributed by atoms with van der Waals surface area (Å²) >= 11 is 0. The lowest BCUT2D eigenvalue weighted by Gasteiger charge is -2.24. The third-order valence-electron chi connectivity index (χ3n) is 5.40. The average molecular weight is 484 g/mol. The van der Waals surface area contributed by atoms with E-state index in [9.17, 15) is 14.6 Å². The Morgan fingerprint density at radius 2 is 1.19 bits per heavy atom. The summed E-state index contributed by atoms with van der Waals surface area (Å²) < 4.78 is 27.6. The molecule has 0 saturated heterocycles. The van der Waals surface area contributed by atoms with Crippen LogP contribution in [0.4, 0.5) is 0 Å². The molecule has 7 nitrogen and oxygen atoms in total. The van der Waals surface area contributed by atoms with Crippen molar-refractivity contribution in [1.82, 2.24) is 0 Å². The molecular weight excluding hydrogens is 430 g/mol. The number of unbranched alkanes of at least 4 members (excludes halogenated alkanes) is 13. The monoisotopic (exact) mass is 483 g/mol. The van der Waals surface area contributed by atoms with Crippen molar-refractivity contribution >= 4 is 7.82 Å². The maximum absolute atomic E-state index is 11.8. The topological polar surface area (TPSA) is 85.2 Å². The van der Waals surface area contributed by atoms with Gasteiger partial charge in [0.1, 0.15) is 19.3 Å². The van der Waals surface area contributed by atoms with Crippen molar-refractivity contribution in [2.24, 2.45) is 0 Å². The maximum Gasteiger partial charge on any atom is 0.472 e. The van der Waals surface area contributed by atoms with Gasteiger partial charge in [-0.05, 0) is 6.42 Å². The van der Waals surface area contributed by atoms with E-state index >= 15 is 0 Å². The van der Waals surface area contributed by atoms with Crippen molar-refractivity contribution in [3.05, 3.63) is 0 Å². The zero-order valence-corrected chi connectivity index (χ0v) is 22.3. The van der Waals surface area contributed by atoms with E-state index < -0.39 is 13.9 Å². The third kappa shape index (κ3) is 24.6. The number of aliphatic hydroxyl groups is 1. The quantitative estimate of drug-likeness (QED) is 0.104. The zero-order valence-electron chi connectivity index (χ0n) is 21.4. The zero-order chi connectivity index (χ0) is 24.1. The van der Waals surface area contributed by atoms with Crippen molar-refractivity contribution in [2.75, 3.05) is 54.1 Å². The summed E-state index contributed by atoms with van der Waals surface area (Å²) in [5, 5.41) is 9.84. The Labute approximate surface area is 198 Å². The molecule has 0 aromatic carbocycles. The van der Waals surface area contributed by atoms with Crippen LogP contribution in [0, 0.1) is 0 Å². The van der Waals surface area contributed by atoms with Crippen LogP contribution in [-0.2, 0) is 18.3 Å². The number of likely N-dealkylation sites (N-methyl/N-ethyl adjacent to an activating group) is 1. The van der Waals surface area contributed by atoms with Gasteiger partial charge in [0, 0.05) is 6.61 Å². The summed E-state index contributed by atoms with van der Waals surface area (Å²) in [5.74, 6) is 0. The minimum atomic E-state index is -4.13. The first-order valence-electron chi connectivity index (χ1n) is 12.8. The standard InChI is InChI=1S/C24H52NO6P/c1-5-6-7-8-9-10-11-12-13-14-15-16-17-18-20-29-22-24(26)23-31-32(27,28)30-21-19-25(2,3)4/h24,26H,5-23H2,1-4H3/p+1/t24-/m1/s1/i32+1. The van der Waals surface area contributed by atoms with Crippen LogP contribution in [0.15, 0.2) is 0 Å². The number of rotatable bonds is 24. The Morgan fingerprint density at radius 1 is 0.719 bits per heavy atom. The molecule has 0 amide bonds. The molecule has 0 aliphatic rings. The lowest BCUT2D eigenvalue weighted by Crippen LogP contribution is -2.37. The van der Waals surface area contributed by atoms with Crippen molar-refractivity contribution in [1.29, 1.82) is 0 Å². The molecule has 0 aliphatic carbocycles. The van der Waals surface area contributed by atoms with Crippen LogP contribution in [0.3, 0.4) is 0 Å². The summed E-state index contributed by atoms with van der Waals surface area (Å²) in [6.45, 7) is 3.36. The number of phosphoric ester groups is 1. The predicted molar refractivity (Wildman–Crippen MR) is 132 cm³/mol. The van der Waals surface area contributed by atoms with E-state index in [2.05, 4.69) is 6.92 Å². The summed E-state index contributed by atoms with van der Waals surface area (Å²) in [4.78, 5) is 9.62. The molecule has 0 saturated carbocycles. The Morgan fingerprint density at radius 3 is 1.66 bits per heavy atom. The van der Waals surface area contributed by atoms with Crippen molar-refractivity contribution in [3.63, 3.8) is 0 Å². The Balaban J connectivity index is 3.40. The third-order valence-corrected chi connectivity index (χ3v) is 6.38. The second kappa shape index (κ2) is 20.4. The molecular formula is C24H53NO6P+. The highest BCUT2D eigenvalue weighted by molar-refractivity contribution is 7.47. The van der Waals surface area contributed by atoms with E-state index in [4.69, 9.17) is 13.8 Å². The number of nitrogens with zero attached hydrogens (tertiary/aromatic N) is 1. The molecule has 0 rings (SSSR count). The highest BCUT2D eigenvalue weighted by Crippen LogP contribution is 2.43. The molecule has 0 bridgehead atoms. The maximum atomic E-state index is 11.8. The smallest absolute Gasteiger partial charge is 0.388 e.